The van der Waals surface area contributed by atoms with E-state index in [1.165, 1.54) is 70.9 Å². The van der Waals surface area contributed by atoms with Crippen molar-refractivity contribution in [3.8, 4) is 0 Å². The topological polar surface area (TPSA) is 15.3 Å². The van der Waals surface area contributed by atoms with Gasteiger partial charge in [0.2, 0.25) is 0 Å². The second-order valence-corrected chi connectivity index (χ2v) is 6.01. The lowest BCUT2D eigenvalue weighted by atomic mass is 9.93. The van der Waals surface area contributed by atoms with Gasteiger partial charge < -0.3 is 5.32 Å². The molecule has 1 saturated heterocycles. The first kappa shape index (κ1) is 11.0. The number of nitrogens with one attached hydrogen (secondary N) is 1. The number of hydrogen-bond acceptors (Lipinski definition) is 2. The van der Waals surface area contributed by atoms with E-state index < -0.39 is 0 Å². The minimum Gasteiger partial charge on any atom is -0.313 e. The summed E-state index contributed by atoms with van der Waals surface area (Å²) in [7, 11) is 0. The molecule has 0 bridgehead atoms. The first-order valence-corrected chi connectivity index (χ1v) is 7.42. The molecule has 16 heavy (non-hydrogen) atoms. The van der Waals surface area contributed by atoms with Crippen molar-refractivity contribution in [1.82, 2.24) is 10.2 Å². The molecule has 3 rings (SSSR count). The number of nitrogens with zero attached hydrogens (tertiary/aromatic N) is 1. The SMILES string of the molecule is C1CCC(N(CC2CCCN2)C2CC2)CC1. The Bertz CT molecular complexity index is 213. The summed E-state index contributed by atoms with van der Waals surface area (Å²) >= 11 is 0. The van der Waals surface area contributed by atoms with Crippen molar-refractivity contribution in [1.29, 1.82) is 0 Å². The van der Waals surface area contributed by atoms with E-state index in [1.54, 1.807) is 0 Å². The molecule has 0 aromatic carbocycles. The van der Waals surface area contributed by atoms with Gasteiger partial charge in [0.25, 0.3) is 0 Å². The van der Waals surface area contributed by atoms with Crippen LogP contribution in [0.5, 0.6) is 0 Å². The molecule has 2 aliphatic carbocycles. The van der Waals surface area contributed by atoms with E-state index in [0.717, 1.165) is 18.1 Å². The maximum Gasteiger partial charge on any atom is 0.0195 e. The first-order chi connectivity index (χ1) is 7.93. The molecule has 0 amide bonds. The van der Waals surface area contributed by atoms with Crippen LogP contribution in [-0.4, -0.2) is 36.1 Å². The summed E-state index contributed by atoms with van der Waals surface area (Å²) in [5.41, 5.74) is 0. The van der Waals surface area contributed by atoms with Crippen molar-refractivity contribution in [3.63, 3.8) is 0 Å². The molecule has 1 unspecified atom stereocenters. The Morgan fingerprint density at radius 2 is 1.56 bits per heavy atom. The van der Waals surface area contributed by atoms with Crippen LogP contribution in [0.15, 0.2) is 0 Å². The molecule has 0 aromatic heterocycles. The van der Waals surface area contributed by atoms with Gasteiger partial charge in [-0.3, -0.25) is 4.90 Å². The van der Waals surface area contributed by atoms with Crippen LogP contribution >= 0.6 is 0 Å². The Hall–Kier alpha value is -0.0800. The van der Waals surface area contributed by atoms with Crippen molar-refractivity contribution < 1.29 is 0 Å². The van der Waals surface area contributed by atoms with Crippen molar-refractivity contribution in [2.45, 2.75) is 75.9 Å². The molecule has 1 heterocycles. The lowest BCUT2D eigenvalue weighted by Gasteiger charge is -2.36. The molecule has 1 atom stereocenters. The van der Waals surface area contributed by atoms with Crippen LogP contribution in [0, 0.1) is 0 Å². The van der Waals surface area contributed by atoms with Crippen molar-refractivity contribution in [2.75, 3.05) is 13.1 Å². The normalized spacial score (nSPS) is 32.4. The molecule has 3 fully saturated rings. The second-order valence-electron chi connectivity index (χ2n) is 6.01. The standard InChI is InChI=1S/C14H26N2/c1-2-6-13(7-3-1)16(14-8-9-14)11-12-5-4-10-15-12/h12-15H,1-11H2. The van der Waals surface area contributed by atoms with Gasteiger partial charge in [0.05, 0.1) is 0 Å². The van der Waals surface area contributed by atoms with Crippen LogP contribution in [0.1, 0.15) is 57.8 Å². The number of hydrogen-bond donors (Lipinski definition) is 1. The van der Waals surface area contributed by atoms with Crippen molar-refractivity contribution >= 4 is 0 Å². The fourth-order valence-electron chi connectivity index (χ4n) is 3.58. The van der Waals surface area contributed by atoms with Crippen LogP contribution in [-0.2, 0) is 0 Å². The quantitative estimate of drug-likeness (QED) is 0.786. The van der Waals surface area contributed by atoms with Gasteiger partial charge in [0, 0.05) is 24.7 Å². The maximum absolute atomic E-state index is 3.67. The zero-order chi connectivity index (χ0) is 10.8. The highest BCUT2D eigenvalue weighted by Crippen LogP contribution is 2.34. The fourth-order valence-corrected chi connectivity index (χ4v) is 3.58. The molecule has 92 valence electrons. The van der Waals surface area contributed by atoms with Crippen LogP contribution in [0.2, 0.25) is 0 Å². The summed E-state index contributed by atoms with van der Waals surface area (Å²) in [4.78, 5) is 2.88. The van der Waals surface area contributed by atoms with Crippen molar-refractivity contribution in [2.24, 2.45) is 0 Å². The molecule has 2 nitrogen and oxygen atoms in total. The van der Waals surface area contributed by atoms with E-state index in [9.17, 15) is 0 Å². The van der Waals surface area contributed by atoms with Gasteiger partial charge in [0.15, 0.2) is 0 Å². The van der Waals surface area contributed by atoms with Gasteiger partial charge in [-0.2, -0.15) is 0 Å². The Morgan fingerprint density at radius 1 is 0.812 bits per heavy atom. The summed E-state index contributed by atoms with van der Waals surface area (Å²) in [5.74, 6) is 0. The summed E-state index contributed by atoms with van der Waals surface area (Å²) in [5, 5.41) is 3.67. The highest BCUT2D eigenvalue weighted by molar-refractivity contribution is 4.92. The monoisotopic (exact) mass is 222 g/mol. The van der Waals surface area contributed by atoms with Gasteiger partial charge in [-0.25, -0.2) is 0 Å². The van der Waals surface area contributed by atoms with E-state index in [0.29, 0.717) is 0 Å². The van der Waals surface area contributed by atoms with Gasteiger partial charge in [-0.1, -0.05) is 19.3 Å². The van der Waals surface area contributed by atoms with E-state index in [2.05, 4.69) is 10.2 Å². The fraction of sp³-hybridized carbons (Fsp3) is 1.00. The molecule has 0 aromatic rings. The van der Waals surface area contributed by atoms with Crippen LogP contribution < -0.4 is 5.32 Å². The first-order valence-electron chi connectivity index (χ1n) is 7.42. The lowest BCUT2D eigenvalue weighted by Crippen LogP contribution is -2.45. The summed E-state index contributed by atoms with van der Waals surface area (Å²) in [6, 6.07) is 2.71. The maximum atomic E-state index is 3.67. The van der Waals surface area contributed by atoms with E-state index in [1.807, 2.05) is 0 Å². The van der Waals surface area contributed by atoms with Crippen LogP contribution in [0.4, 0.5) is 0 Å². The number of rotatable bonds is 4. The van der Waals surface area contributed by atoms with E-state index >= 15 is 0 Å². The smallest absolute Gasteiger partial charge is 0.0195 e. The van der Waals surface area contributed by atoms with Gasteiger partial charge in [-0.15, -0.1) is 0 Å². The van der Waals surface area contributed by atoms with Crippen LogP contribution in [0.25, 0.3) is 0 Å². The van der Waals surface area contributed by atoms with Gasteiger partial charge in [0.1, 0.15) is 0 Å². The minimum atomic E-state index is 0.808. The summed E-state index contributed by atoms with van der Waals surface area (Å²) in [6.07, 6.45) is 13.2. The molecular formula is C14H26N2. The molecule has 0 spiro atoms. The molecule has 3 aliphatic rings. The van der Waals surface area contributed by atoms with Gasteiger partial charge in [-0.05, 0) is 45.1 Å². The molecule has 1 aliphatic heterocycles. The Labute approximate surface area is 99.8 Å². The molecule has 0 radical (unpaired) electrons. The van der Waals surface area contributed by atoms with Gasteiger partial charge >= 0.3 is 0 Å². The minimum absolute atomic E-state index is 0.808. The third kappa shape index (κ3) is 2.60. The van der Waals surface area contributed by atoms with Crippen LogP contribution in [0.3, 0.4) is 0 Å². The zero-order valence-corrected chi connectivity index (χ0v) is 10.5. The highest BCUT2D eigenvalue weighted by Gasteiger charge is 2.35. The Balaban J connectivity index is 1.56. The second kappa shape index (κ2) is 5.05. The van der Waals surface area contributed by atoms with E-state index in [4.69, 9.17) is 0 Å². The zero-order valence-electron chi connectivity index (χ0n) is 10.5. The Kier molecular flexibility index (Phi) is 3.49. The highest BCUT2D eigenvalue weighted by atomic mass is 15.2. The van der Waals surface area contributed by atoms with E-state index in [-0.39, 0.29) is 0 Å². The average molecular weight is 222 g/mol. The Morgan fingerprint density at radius 3 is 2.19 bits per heavy atom. The lowest BCUT2D eigenvalue weighted by molar-refractivity contribution is 0.135. The molecule has 2 heteroatoms. The average Bonchev–Trinajstić information content (AvgIpc) is 3.05. The third-order valence-electron chi connectivity index (χ3n) is 4.65. The summed E-state index contributed by atoms with van der Waals surface area (Å²) in [6.45, 7) is 2.60. The molecule has 1 N–H and O–H groups in total. The summed E-state index contributed by atoms with van der Waals surface area (Å²) < 4.78 is 0. The van der Waals surface area contributed by atoms with Crippen molar-refractivity contribution in [3.05, 3.63) is 0 Å². The predicted octanol–water partition coefficient (Wildman–Crippen LogP) is 2.54. The molecule has 2 saturated carbocycles. The predicted molar refractivity (Wildman–Crippen MR) is 67.6 cm³/mol. The third-order valence-corrected chi connectivity index (χ3v) is 4.65. The largest absolute Gasteiger partial charge is 0.313 e. The molecular weight excluding hydrogens is 196 g/mol.